The lowest BCUT2D eigenvalue weighted by molar-refractivity contribution is 0.285. The third-order valence-corrected chi connectivity index (χ3v) is 7.34. The smallest absolute Gasteiger partial charge is 0.260 e. The van der Waals surface area contributed by atoms with Gasteiger partial charge < -0.3 is 14.5 Å². The summed E-state index contributed by atoms with van der Waals surface area (Å²) in [5.74, 6) is 1.36. The van der Waals surface area contributed by atoms with E-state index in [1.54, 1.807) is 30.6 Å². The molecule has 4 aromatic rings. The van der Waals surface area contributed by atoms with E-state index < -0.39 is 0 Å². The van der Waals surface area contributed by atoms with E-state index in [-0.39, 0.29) is 5.56 Å². The number of methoxy groups -OCH3 is 1. The highest BCUT2D eigenvalue weighted by Crippen LogP contribution is 2.40. The zero-order chi connectivity index (χ0) is 22.2. The van der Waals surface area contributed by atoms with Gasteiger partial charge in [0.1, 0.15) is 17.3 Å². The molecule has 0 radical (unpaired) electrons. The fraction of sp³-hybridized carbons (Fsp3) is 0.250. The van der Waals surface area contributed by atoms with E-state index in [0.29, 0.717) is 39.5 Å². The van der Waals surface area contributed by atoms with Crippen molar-refractivity contribution in [1.82, 2.24) is 9.97 Å². The summed E-state index contributed by atoms with van der Waals surface area (Å²) in [5.41, 5.74) is 2.67. The maximum absolute atomic E-state index is 12.9. The summed E-state index contributed by atoms with van der Waals surface area (Å²) in [5, 5.41) is 1.77. The zero-order valence-corrected chi connectivity index (χ0v) is 19.7. The maximum Gasteiger partial charge on any atom is 0.260 e. The van der Waals surface area contributed by atoms with E-state index in [2.05, 4.69) is 4.98 Å². The first kappa shape index (κ1) is 21.3. The summed E-state index contributed by atoms with van der Waals surface area (Å²) >= 11 is 14.1. The maximum atomic E-state index is 12.9. The molecule has 8 heteroatoms. The van der Waals surface area contributed by atoms with Gasteiger partial charge in [0.25, 0.3) is 5.56 Å². The molecule has 0 saturated heterocycles. The number of rotatable bonds is 5. The fourth-order valence-electron chi connectivity index (χ4n) is 4.03. The number of aromatic nitrogens is 2. The number of aromatic amines is 1. The summed E-state index contributed by atoms with van der Waals surface area (Å²) < 4.78 is 11.5. The number of benzene rings is 2. The Kier molecular flexibility index (Phi) is 5.84. The highest BCUT2D eigenvalue weighted by molar-refractivity contribution is 7.18. The van der Waals surface area contributed by atoms with Gasteiger partial charge in [-0.3, -0.25) is 4.79 Å². The molecule has 164 valence electrons. The van der Waals surface area contributed by atoms with Gasteiger partial charge in [-0.05, 0) is 61.1 Å². The van der Waals surface area contributed by atoms with Crippen LogP contribution in [0.3, 0.4) is 0 Å². The average molecular weight is 487 g/mol. The lowest BCUT2D eigenvalue weighted by Crippen LogP contribution is -2.11. The molecular weight excluding hydrogens is 467 g/mol. The second-order valence-electron chi connectivity index (χ2n) is 7.71. The first-order valence-electron chi connectivity index (χ1n) is 10.3. The Hall–Kier alpha value is -2.54. The molecule has 0 spiro atoms. The third kappa shape index (κ3) is 3.98. The van der Waals surface area contributed by atoms with Gasteiger partial charge >= 0.3 is 0 Å². The number of aryl methyl sites for hydroxylation is 2. The van der Waals surface area contributed by atoms with E-state index >= 15 is 0 Å². The van der Waals surface area contributed by atoms with Crippen molar-refractivity contribution in [3.63, 3.8) is 0 Å². The van der Waals surface area contributed by atoms with Crippen LogP contribution in [-0.2, 0) is 19.4 Å². The predicted molar refractivity (Wildman–Crippen MR) is 130 cm³/mol. The Morgan fingerprint density at radius 2 is 1.91 bits per heavy atom. The Labute approximate surface area is 198 Å². The second kappa shape index (κ2) is 8.77. The Balaban J connectivity index is 1.50. The Bertz CT molecular complexity index is 1360. The molecule has 1 N–H and O–H groups in total. The van der Waals surface area contributed by atoms with Crippen molar-refractivity contribution in [3.8, 4) is 22.9 Å². The highest BCUT2D eigenvalue weighted by atomic mass is 35.5. The molecule has 1 aliphatic rings. The highest BCUT2D eigenvalue weighted by Gasteiger charge is 2.21. The van der Waals surface area contributed by atoms with Crippen LogP contribution >= 0.6 is 34.5 Å². The van der Waals surface area contributed by atoms with Crippen molar-refractivity contribution in [2.45, 2.75) is 32.3 Å². The van der Waals surface area contributed by atoms with Gasteiger partial charge in [-0.1, -0.05) is 35.3 Å². The molecule has 2 aromatic carbocycles. The molecule has 2 aromatic heterocycles. The minimum absolute atomic E-state index is 0.109. The normalized spacial score (nSPS) is 13.2. The van der Waals surface area contributed by atoms with Crippen LogP contribution in [0.4, 0.5) is 0 Å². The van der Waals surface area contributed by atoms with Crippen molar-refractivity contribution in [2.75, 3.05) is 7.11 Å². The number of H-pyrrole nitrogens is 1. The summed E-state index contributed by atoms with van der Waals surface area (Å²) in [7, 11) is 1.55. The summed E-state index contributed by atoms with van der Waals surface area (Å²) in [6, 6.07) is 10.9. The summed E-state index contributed by atoms with van der Waals surface area (Å²) in [4.78, 5) is 22.7. The van der Waals surface area contributed by atoms with Crippen molar-refractivity contribution >= 4 is 44.8 Å². The lowest BCUT2D eigenvalue weighted by atomic mass is 9.97. The monoisotopic (exact) mass is 486 g/mol. The number of nitrogens with zero attached hydrogens (tertiary/aromatic N) is 1. The molecule has 2 heterocycles. The minimum atomic E-state index is -0.109. The lowest BCUT2D eigenvalue weighted by Gasteiger charge is -2.14. The average Bonchev–Trinajstić information content (AvgIpc) is 3.18. The zero-order valence-electron chi connectivity index (χ0n) is 17.3. The number of ether oxygens (including phenoxy) is 2. The van der Waals surface area contributed by atoms with Gasteiger partial charge in [0.2, 0.25) is 0 Å². The van der Waals surface area contributed by atoms with Crippen molar-refractivity contribution in [3.05, 3.63) is 72.8 Å². The molecule has 5 nitrogen and oxygen atoms in total. The van der Waals surface area contributed by atoms with E-state index in [9.17, 15) is 4.79 Å². The molecule has 0 amide bonds. The van der Waals surface area contributed by atoms with Gasteiger partial charge in [-0.25, -0.2) is 4.98 Å². The molecule has 0 aliphatic heterocycles. The van der Waals surface area contributed by atoms with Crippen LogP contribution in [0.1, 0.15) is 28.8 Å². The van der Waals surface area contributed by atoms with Gasteiger partial charge in [0, 0.05) is 15.5 Å². The Morgan fingerprint density at radius 3 is 2.69 bits per heavy atom. The van der Waals surface area contributed by atoms with E-state index in [1.807, 2.05) is 24.3 Å². The molecule has 5 rings (SSSR count). The van der Waals surface area contributed by atoms with Crippen molar-refractivity contribution in [2.24, 2.45) is 0 Å². The topological polar surface area (TPSA) is 64.2 Å². The SMILES string of the molecule is COc1cc(-c2nc3sc4c(c3c(=O)[nH]2)CCCC4)cc(Cl)c1OCc1ccc(Cl)cc1. The first-order valence-corrected chi connectivity index (χ1v) is 11.9. The van der Waals surface area contributed by atoms with E-state index in [0.717, 1.165) is 47.0 Å². The molecule has 0 atom stereocenters. The minimum Gasteiger partial charge on any atom is -0.493 e. The van der Waals surface area contributed by atoms with Crippen LogP contribution in [0, 0.1) is 0 Å². The van der Waals surface area contributed by atoms with Gasteiger partial charge in [-0.15, -0.1) is 11.3 Å². The third-order valence-electron chi connectivity index (χ3n) is 5.62. The van der Waals surface area contributed by atoms with Crippen molar-refractivity contribution < 1.29 is 9.47 Å². The number of halogens is 2. The standard InChI is InChI=1S/C24H20Cl2N2O3S/c1-30-18-11-14(10-17(26)21(18)31-12-13-6-8-15(25)9-7-13)22-27-23(29)20-16-4-2-3-5-19(16)32-24(20)28-22/h6-11H,2-5,12H2,1H3,(H,27,28,29). The Morgan fingerprint density at radius 1 is 1.12 bits per heavy atom. The van der Waals surface area contributed by atoms with E-state index in [1.165, 1.54) is 4.88 Å². The van der Waals surface area contributed by atoms with Gasteiger partial charge in [0.15, 0.2) is 11.5 Å². The van der Waals surface area contributed by atoms with Crippen LogP contribution in [-0.4, -0.2) is 17.1 Å². The molecule has 0 bridgehead atoms. The number of thiophene rings is 1. The summed E-state index contributed by atoms with van der Waals surface area (Å²) in [6.45, 7) is 0.314. The first-order chi connectivity index (χ1) is 15.5. The molecule has 1 aliphatic carbocycles. The molecule has 0 fully saturated rings. The van der Waals surface area contributed by atoms with Crippen LogP contribution in [0.15, 0.2) is 41.2 Å². The van der Waals surface area contributed by atoms with Crippen molar-refractivity contribution in [1.29, 1.82) is 0 Å². The molecule has 0 unspecified atom stereocenters. The van der Waals surface area contributed by atoms with Gasteiger partial charge in [0.05, 0.1) is 17.5 Å². The predicted octanol–water partition coefficient (Wildman–Crippen LogP) is 6.42. The quantitative estimate of drug-likeness (QED) is 0.353. The van der Waals surface area contributed by atoms with E-state index in [4.69, 9.17) is 37.7 Å². The van der Waals surface area contributed by atoms with Crippen LogP contribution in [0.5, 0.6) is 11.5 Å². The number of hydrogen-bond acceptors (Lipinski definition) is 5. The largest absolute Gasteiger partial charge is 0.493 e. The fourth-order valence-corrected chi connectivity index (χ4v) is 5.69. The molecule has 32 heavy (non-hydrogen) atoms. The number of fused-ring (bicyclic) bond motifs is 3. The molecular formula is C24H20Cl2N2O3S. The molecule has 0 saturated carbocycles. The number of nitrogens with one attached hydrogen (secondary N) is 1. The summed E-state index contributed by atoms with van der Waals surface area (Å²) in [6.07, 6.45) is 4.24. The van der Waals surface area contributed by atoms with Crippen LogP contribution < -0.4 is 15.0 Å². The van der Waals surface area contributed by atoms with Gasteiger partial charge in [-0.2, -0.15) is 0 Å². The van der Waals surface area contributed by atoms with Crippen LogP contribution in [0.25, 0.3) is 21.6 Å². The second-order valence-corrected chi connectivity index (χ2v) is 9.64. The van der Waals surface area contributed by atoms with Crippen LogP contribution in [0.2, 0.25) is 10.0 Å². The number of hydrogen-bond donors (Lipinski definition) is 1.